The minimum Gasteiger partial charge on any atom is -0.478 e. The van der Waals surface area contributed by atoms with Gasteiger partial charge in [-0.3, -0.25) is 0 Å². The molecule has 7 heteroatoms. The smallest absolute Gasteiger partial charge is 0.337 e. The summed E-state index contributed by atoms with van der Waals surface area (Å²) in [6.07, 6.45) is 0. The lowest BCUT2D eigenvalue weighted by Gasteiger charge is -2.17. The van der Waals surface area contributed by atoms with Gasteiger partial charge < -0.3 is 5.11 Å². The predicted octanol–water partition coefficient (Wildman–Crippen LogP) is 2.23. The highest BCUT2D eigenvalue weighted by Crippen LogP contribution is 2.22. The fourth-order valence-corrected chi connectivity index (χ4v) is 2.93. The molecular formula is C12H14ClNO4S. The largest absolute Gasteiger partial charge is 0.478 e. The molecule has 1 aromatic rings. The molecule has 1 aromatic carbocycles. The fraction of sp³-hybridized carbons (Fsp3) is 0.250. The van der Waals surface area contributed by atoms with Gasteiger partial charge in [0.1, 0.15) is 0 Å². The van der Waals surface area contributed by atoms with Crippen LogP contribution < -0.4 is 0 Å². The lowest BCUT2D eigenvalue weighted by molar-refractivity contribution is 0.0697. The second-order valence-corrected chi connectivity index (χ2v) is 6.62. The Balaban J connectivity index is 3.26. The topological polar surface area (TPSA) is 74.7 Å². The van der Waals surface area contributed by atoms with Gasteiger partial charge in [0.15, 0.2) is 0 Å². The summed E-state index contributed by atoms with van der Waals surface area (Å²) >= 11 is 5.70. The van der Waals surface area contributed by atoms with Crippen molar-refractivity contribution >= 4 is 27.6 Å². The van der Waals surface area contributed by atoms with Crippen LogP contribution in [0, 0.1) is 0 Å². The first-order valence-corrected chi connectivity index (χ1v) is 7.11. The summed E-state index contributed by atoms with van der Waals surface area (Å²) in [6, 6.07) is 3.58. The van der Waals surface area contributed by atoms with Gasteiger partial charge in [-0.25, -0.2) is 13.2 Å². The molecule has 0 bridgehead atoms. The highest BCUT2D eigenvalue weighted by molar-refractivity contribution is 7.89. The number of likely N-dealkylation sites (N-methyl/N-ethyl adjacent to an activating group) is 1. The standard InChI is InChI=1S/C12H14ClNO4S/c1-8(2)7-14(3)19(17,18)9-4-5-11(13)10(6-9)12(15)16/h4-6H,1,7H2,2-3H3,(H,15,16). The van der Waals surface area contributed by atoms with Crippen molar-refractivity contribution in [2.75, 3.05) is 13.6 Å². The van der Waals surface area contributed by atoms with Gasteiger partial charge in [0, 0.05) is 13.6 Å². The molecule has 0 atom stereocenters. The average molecular weight is 304 g/mol. The maximum Gasteiger partial charge on any atom is 0.337 e. The van der Waals surface area contributed by atoms with Crippen molar-refractivity contribution in [2.45, 2.75) is 11.8 Å². The van der Waals surface area contributed by atoms with E-state index in [0.29, 0.717) is 5.57 Å². The van der Waals surface area contributed by atoms with Gasteiger partial charge >= 0.3 is 5.97 Å². The van der Waals surface area contributed by atoms with E-state index < -0.39 is 16.0 Å². The first-order chi connectivity index (χ1) is 8.66. The summed E-state index contributed by atoms with van der Waals surface area (Å²) < 4.78 is 25.5. The van der Waals surface area contributed by atoms with Gasteiger partial charge in [0.05, 0.1) is 15.5 Å². The highest BCUT2D eigenvalue weighted by atomic mass is 35.5. The molecule has 0 fully saturated rings. The molecule has 0 saturated carbocycles. The van der Waals surface area contributed by atoms with E-state index in [9.17, 15) is 13.2 Å². The Hall–Kier alpha value is -1.37. The molecule has 0 aliphatic heterocycles. The van der Waals surface area contributed by atoms with E-state index in [1.165, 1.54) is 19.2 Å². The van der Waals surface area contributed by atoms with E-state index in [2.05, 4.69) is 6.58 Å². The third-order valence-corrected chi connectivity index (χ3v) is 4.50. The van der Waals surface area contributed by atoms with E-state index in [1.54, 1.807) is 6.92 Å². The predicted molar refractivity (Wildman–Crippen MR) is 73.0 cm³/mol. The number of hydrogen-bond donors (Lipinski definition) is 1. The number of carboxylic acid groups (broad SMARTS) is 1. The van der Waals surface area contributed by atoms with Crippen molar-refractivity contribution in [3.05, 3.63) is 40.9 Å². The van der Waals surface area contributed by atoms with Crippen LogP contribution in [0.3, 0.4) is 0 Å². The Morgan fingerprint density at radius 3 is 2.53 bits per heavy atom. The number of rotatable bonds is 5. The van der Waals surface area contributed by atoms with Gasteiger partial charge in [-0.2, -0.15) is 4.31 Å². The van der Waals surface area contributed by atoms with E-state index in [-0.39, 0.29) is 22.0 Å². The van der Waals surface area contributed by atoms with E-state index in [1.807, 2.05) is 0 Å². The van der Waals surface area contributed by atoms with E-state index in [4.69, 9.17) is 16.7 Å². The Morgan fingerprint density at radius 2 is 2.05 bits per heavy atom. The van der Waals surface area contributed by atoms with Crippen molar-refractivity contribution in [3.63, 3.8) is 0 Å². The summed E-state index contributed by atoms with van der Waals surface area (Å²) in [5.74, 6) is -1.27. The van der Waals surface area contributed by atoms with Crippen LogP contribution >= 0.6 is 11.6 Å². The summed E-state index contributed by atoms with van der Waals surface area (Å²) in [7, 11) is -2.35. The van der Waals surface area contributed by atoms with Crippen LogP contribution in [0.4, 0.5) is 0 Å². The molecule has 104 valence electrons. The molecule has 0 radical (unpaired) electrons. The number of hydrogen-bond acceptors (Lipinski definition) is 3. The second kappa shape index (κ2) is 5.73. The Kier molecular flexibility index (Phi) is 4.73. The van der Waals surface area contributed by atoms with Gasteiger partial charge in [0.25, 0.3) is 0 Å². The van der Waals surface area contributed by atoms with Crippen LogP contribution in [0.1, 0.15) is 17.3 Å². The van der Waals surface area contributed by atoms with Crippen LogP contribution in [0.25, 0.3) is 0 Å². The molecule has 5 nitrogen and oxygen atoms in total. The monoisotopic (exact) mass is 303 g/mol. The molecule has 19 heavy (non-hydrogen) atoms. The normalized spacial score (nSPS) is 11.6. The Labute approximate surface area is 117 Å². The molecule has 0 aliphatic rings. The zero-order valence-electron chi connectivity index (χ0n) is 10.6. The summed E-state index contributed by atoms with van der Waals surface area (Å²) in [6.45, 7) is 5.51. The van der Waals surface area contributed by atoms with Gasteiger partial charge in [0.2, 0.25) is 10.0 Å². The van der Waals surface area contributed by atoms with Crippen LogP contribution in [-0.4, -0.2) is 37.4 Å². The van der Waals surface area contributed by atoms with Crippen molar-refractivity contribution in [1.82, 2.24) is 4.31 Å². The molecule has 0 spiro atoms. The lowest BCUT2D eigenvalue weighted by atomic mass is 10.2. The number of carbonyl (C=O) groups is 1. The van der Waals surface area contributed by atoms with Gasteiger partial charge in [-0.1, -0.05) is 23.8 Å². The molecule has 0 heterocycles. The minimum absolute atomic E-state index is 0.00555. The minimum atomic E-state index is -3.76. The van der Waals surface area contributed by atoms with E-state index in [0.717, 1.165) is 10.4 Å². The number of nitrogens with zero attached hydrogens (tertiary/aromatic N) is 1. The maximum absolute atomic E-state index is 12.2. The molecule has 0 saturated heterocycles. The van der Waals surface area contributed by atoms with Crippen LogP contribution in [-0.2, 0) is 10.0 Å². The number of carboxylic acids is 1. The molecule has 0 unspecified atom stereocenters. The van der Waals surface area contributed by atoms with Crippen molar-refractivity contribution < 1.29 is 18.3 Å². The van der Waals surface area contributed by atoms with Gasteiger partial charge in [-0.05, 0) is 25.1 Å². The summed E-state index contributed by atoms with van der Waals surface area (Å²) in [5, 5.41) is 8.93. The molecule has 0 aliphatic carbocycles. The number of benzene rings is 1. The lowest BCUT2D eigenvalue weighted by Crippen LogP contribution is -2.28. The summed E-state index contributed by atoms with van der Waals surface area (Å²) in [5.41, 5.74) is 0.435. The Bertz CT molecular complexity index is 625. The molecule has 1 N–H and O–H groups in total. The Morgan fingerprint density at radius 1 is 1.47 bits per heavy atom. The van der Waals surface area contributed by atoms with Gasteiger partial charge in [-0.15, -0.1) is 0 Å². The van der Waals surface area contributed by atoms with Crippen molar-refractivity contribution in [1.29, 1.82) is 0 Å². The molecule has 0 aromatic heterocycles. The maximum atomic E-state index is 12.2. The van der Waals surface area contributed by atoms with E-state index >= 15 is 0 Å². The second-order valence-electron chi connectivity index (χ2n) is 4.16. The highest BCUT2D eigenvalue weighted by Gasteiger charge is 2.22. The average Bonchev–Trinajstić information content (AvgIpc) is 2.27. The number of aromatic carboxylic acids is 1. The van der Waals surface area contributed by atoms with Crippen molar-refractivity contribution in [3.8, 4) is 0 Å². The number of halogens is 1. The van der Waals surface area contributed by atoms with Crippen LogP contribution in [0.2, 0.25) is 5.02 Å². The zero-order valence-corrected chi connectivity index (χ0v) is 12.1. The molecule has 1 rings (SSSR count). The first-order valence-electron chi connectivity index (χ1n) is 5.30. The molecule has 0 amide bonds. The summed E-state index contributed by atoms with van der Waals surface area (Å²) in [4.78, 5) is 10.8. The third kappa shape index (κ3) is 3.56. The van der Waals surface area contributed by atoms with Crippen LogP contribution in [0.15, 0.2) is 35.2 Å². The number of sulfonamides is 1. The van der Waals surface area contributed by atoms with Crippen molar-refractivity contribution in [2.24, 2.45) is 0 Å². The molecular weight excluding hydrogens is 290 g/mol. The SMILES string of the molecule is C=C(C)CN(C)S(=O)(=O)c1ccc(Cl)c(C(=O)O)c1. The first kappa shape index (κ1) is 15.7. The van der Waals surface area contributed by atoms with Crippen LogP contribution in [0.5, 0.6) is 0 Å². The fourth-order valence-electron chi connectivity index (χ4n) is 1.47. The quantitative estimate of drug-likeness (QED) is 0.847. The third-order valence-electron chi connectivity index (χ3n) is 2.37. The zero-order chi connectivity index (χ0) is 14.8.